The Labute approximate surface area is 185 Å². The van der Waals surface area contributed by atoms with Crippen LogP contribution in [0, 0.1) is 0 Å². The minimum atomic E-state index is 0.505. The standard InChI is InChI=1S/C28H31N3/c1-2-3-4-5-8-13-22-18-20-25(21-19-22)31-27(24-16-11-7-12-17-24)26(30-28(31)29)23-14-9-6-10-15-23/h6-7,9-12,14-21H,2-5,8,13H2,1H3,(H2,29,30). The number of aromatic nitrogens is 2. The second-order valence-corrected chi connectivity index (χ2v) is 8.07. The van der Waals surface area contributed by atoms with Gasteiger partial charge in [0.25, 0.3) is 0 Å². The molecule has 0 radical (unpaired) electrons. The first-order valence-electron chi connectivity index (χ1n) is 11.4. The lowest BCUT2D eigenvalue weighted by molar-refractivity contribution is 0.632. The number of rotatable bonds is 9. The maximum Gasteiger partial charge on any atom is 0.205 e. The van der Waals surface area contributed by atoms with Crippen LogP contribution >= 0.6 is 0 Å². The van der Waals surface area contributed by atoms with Gasteiger partial charge < -0.3 is 5.73 Å². The third kappa shape index (κ3) is 4.88. The molecular weight excluding hydrogens is 378 g/mol. The third-order valence-corrected chi connectivity index (χ3v) is 5.76. The molecule has 3 nitrogen and oxygen atoms in total. The second-order valence-electron chi connectivity index (χ2n) is 8.07. The van der Waals surface area contributed by atoms with Crippen molar-refractivity contribution in [2.45, 2.75) is 45.4 Å². The van der Waals surface area contributed by atoms with Crippen molar-refractivity contribution >= 4 is 5.95 Å². The molecular formula is C28H31N3. The van der Waals surface area contributed by atoms with Gasteiger partial charge in [-0.15, -0.1) is 0 Å². The summed E-state index contributed by atoms with van der Waals surface area (Å²) in [5.74, 6) is 0.505. The maximum absolute atomic E-state index is 6.47. The highest BCUT2D eigenvalue weighted by atomic mass is 15.2. The highest BCUT2D eigenvalue weighted by Crippen LogP contribution is 2.36. The summed E-state index contributed by atoms with van der Waals surface area (Å²) >= 11 is 0. The van der Waals surface area contributed by atoms with Gasteiger partial charge in [0, 0.05) is 16.8 Å². The average molecular weight is 410 g/mol. The van der Waals surface area contributed by atoms with Crippen LogP contribution in [-0.2, 0) is 6.42 Å². The Bertz CT molecular complexity index is 1080. The summed E-state index contributed by atoms with van der Waals surface area (Å²) < 4.78 is 2.07. The molecule has 0 atom stereocenters. The Kier molecular flexibility index (Phi) is 6.83. The fourth-order valence-electron chi connectivity index (χ4n) is 4.10. The Morgan fingerprint density at radius 1 is 0.710 bits per heavy atom. The molecule has 0 saturated carbocycles. The fraction of sp³-hybridized carbons (Fsp3) is 0.250. The van der Waals surface area contributed by atoms with E-state index in [9.17, 15) is 0 Å². The van der Waals surface area contributed by atoms with Gasteiger partial charge in [-0.1, -0.05) is 105 Å². The Balaban J connectivity index is 1.68. The summed E-state index contributed by atoms with van der Waals surface area (Å²) in [6.45, 7) is 2.26. The van der Waals surface area contributed by atoms with Gasteiger partial charge in [0.2, 0.25) is 5.95 Å². The van der Waals surface area contributed by atoms with Crippen molar-refractivity contribution in [2.24, 2.45) is 0 Å². The van der Waals surface area contributed by atoms with Crippen molar-refractivity contribution in [1.29, 1.82) is 0 Å². The van der Waals surface area contributed by atoms with E-state index in [2.05, 4.69) is 72.2 Å². The minimum absolute atomic E-state index is 0.505. The second kappa shape index (κ2) is 10.1. The molecule has 0 aliphatic rings. The number of hydrogen-bond donors (Lipinski definition) is 1. The van der Waals surface area contributed by atoms with Gasteiger partial charge in [-0.05, 0) is 30.5 Å². The van der Waals surface area contributed by atoms with Crippen LogP contribution in [0.2, 0.25) is 0 Å². The summed E-state index contributed by atoms with van der Waals surface area (Å²) in [5, 5.41) is 0. The minimum Gasteiger partial charge on any atom is -0.369 e. The number of nitrogens with two attached hydrogens (primary N) is 1. The van der Waals surface area contributed by atoms with Crippen molar-refractivity contribution in [1.82, 2.24) is 9.55 Å². The summed E-state index contributed by atoms with van der Waals surface area (Å²) in [5.41, 5.74) is 13.0. The highest BCUT2D eigenvalue weighted by molar-refractivity contribution is 5.82. The van der Waals surface area contributed by atoms with Crippen LogP contribution in [0.1, 0.15) is 44.6 Å². The van der Waals surface area contributed by atoms with Gasteiger partial charge in [-0.25, -0.2) is 4.98 Å². The molecule has 3 heteroatoms. The van der Waals surface area contributed by atoms with Crippen LogP contribution in [-0.4, -0.2) is 9.55 Å². The van der Waals surface area contributed by atoms with E-state index in [-0.39, 0.29) is 0 Å². The first-order chi connectivity index (χ1) is 15.3. The van der Waals surface area contributed by atoms with E-state index < -0.39 is 0 Å². The summed E-state index contributed by atoms with van der Waals surface area (Å²) in [6.07, 6.45) is 7.65. The lowest BCUT2D eigenvalue weighted by Crippen LogP contribution is -2.03. The Hall–Kier alpha value is -3.33. The van der Waals surface area contributed by atoms with E-state index in [4.69, 9.17) is 10.7 Å². The van der Waals surface area contributed by atoms with E-state index >= 15 is 0 Å². The fourth-order valence-corrected chi connectivity index (χ4v) is 4.10. The molecule has 0 aliphatic heterocycles. The zero-order chi connectivity index (χ0) is 21.5. The van der Waals surface area contributed by atoms with Gasteiger partial charge in [0.1, 0.15) is 0 Å². The first-order valence-corrected chi connectivity index (χ1v) is 11.4. The molecule has 158 valence electrons. The van der Waals surface area contributed by atoms with Crippen LogP contribution < -0.4 is 5.73 Å². The van der Waals surface area contributed by atoms with Gasteiger partial charge in [-0.3, -0.25) is 4.57 Å². The lowest BCUT2D eigenvalue weighted by atomic mass is 10.0. The summed E-state index contributed by atoms with van der Waals surface area (Å²) in [4.78, 5) is 4.77. The molecule has 0 fully saturated rings. The number of anilines is 1. The van der Waals surface area contributed by atoms with E-state index in [1.54, 1.807) is 0 Å². The molecule has 4 rings (SSSR count). The zero-order valence-corrected chi connectivity index (χ0v) is 18.3. The summed E-state index contributed by atoms with van der Waals surface area (Å²) in [6, 6.07) is 29.4. The van der Waals surface area contributed by atoms with Crippen LogP contribution in [0.4, 0.5) is 5.95 Å². The zero-order valence-electron chi connectivity index (χ0n) is 18.3. The van der Waals surface area contributed by atoms with Crippen molar-refractivity contribution in [3.63, 3.8) is 0 Å². The molecule has 0 spiro atoms. The molecule has 3 aromatic carbocycles. The average Bonchev–Trinajstić information content (AvgIpc) is 3.17. The van der Waals surface area contributed by atoms with Crippen LogP contribution in [0.3, 0.4) is 0 Å². The van der Waals surface area contributed by atoms with E-state index in [0.29, 0.717) is 5.95 Å². The smallest absolute Gasteiger partial charge is 0.205 e. The van der Waals surface area contributed by atoms with Crippen LogP contribution in [0.25, 0.3) is 28.2 Å². The topological polar surface area (TPSA) is 43.8 Å². The SMILES string of the molecule is CCCCCCCc1ccc(-n2c(N)nc(-c3ccccc3)c2-c2ccccc2)cc1. The molecule has 0 saturated heterocycles. The molecule has 1 aromatic heterocycles. The van der Waals surface area contributed by atoms with E-state index in [0.717, 1.165) is 34.6 Å². The molecule has 0 aliphatic carbocycles. The number of benzene rings is 3. The predicted molar refractivity (Wildman–Crippen MR) is 131 cm³/mol. The molecule has 4 aromatic rings. The highest BCUT2D eigenvalue weighted by Gasteiger charge is 2.19. The van der Waals surface area contributed by atoms with Gasteiger partial charge in [0.05, 0.1) is 11.4 Å². The van der Waals surface area contributed by atoms with Crippen molar-refractivity contribution in [3.05, 3.63) is 90.5 Å². The van der Waals surface area contributed by atoms with Gasteiger partial charge >= 0.3 is 0 Å². The van der Waals surface area contributed by atoms with E-state index in [1.165, 1.54) is 37.7 Å². The molecule has 0 bridgehead atoms. The number of unbranched alkanes of at least 4 members (excludes halogenated alkanes) is 4. The van der Waals surface area contributed by atoms with Gasteiger partial charge in [0.15, 0.2) is 0 Å². The first kappa shape index (κ1) is 20.9. The number of aryl methyl sites for hydroxylation is 1. The monoisotopic (exact) mass is 409 g/mol. The Morgan fingerprint density at radius 2 is 1.32 bits per heavy atom. The molecule has 0 unspecified atom stereocenters. The van der Waals surface area contributed by atoms with Gasteiger partial charge in [-0.2, -0.15) is 0 Å². The number of nitrogens with zero attached hydrogens (tertiary/aromatic N) is 2. The maximum atomic E-state index is 6.47. The number of imidazole rings is 1. The van der Waals surface area contributed by atoms with Crippen LogP contribution in [0.15, 0.2) is 84.9 Å². The summed E-state index contributed by atoms with van der Waals surface area (Å²) in [7, 11) is 0. The third-order valence-electron chi connectivity index (χ3n) is 5.76. The Morgan fingerprint density at radius 3 is 1.97 bits per heavy atom. The van der Waals surface area contributed by atoms with Crippen molar-refractivity contribution in [3.8, 4) is 28.2 Å². The van der Waals surface area contributed by atoms with Crippen LogP contribution in [0.5, 0.6) is 0 Å². The number of nitrogen functional groups attached to an aromatic ring is 1. The molecule has 0 amide bonds. The largest absolute Gasteiger partial charge is 0.369 e. The molecule has 31 heavy (non-hydrogen) atoms. The van der Waals surface area contributed by atoms with E-state index in [1.807, 2.05) is 24.3 Å². The normalized spacial score (nSPS) is 11.0. The quantitative estimate of drug-likeness (QED) is 0.295. The molecule has 1 heterocycles. The molecule has 2 N–H and O–H groups in total. The van der Waals surface area contributed by atoms with Crippen molar-refractivity contribution in [2.75, 3.05) is 5.73 Å². The van der Waals surface area contributed by atoms with Crippen molar-refractivity contribution < 1.29 is 0 Å². The predicted octanol–water partition coefficient (Wildman–Crippen LogP) is 7.30. The number of hydrogen-bond acceptors (Lipinski definition) is 2. The lowest BCUT2D eigenvalue weighted by Gasteiger charge is -2.13.